The number of rotatable bonds is 5. The van der Waals surface area contributed by atoms with E-state index in [9.17, 15) is 4.79 Å². The van der Waals surface area contributed by atoms with Crippen molar-refractivity contribution in [2.75, 3.05) is 7.05 Å². The molecule has 0 atom stereocenters. The molecule has 0 bridgehead atoms. The van der Waals surface area contributed by atoms with Gasteiger partial charge in [0.15, 0.2) is 0 Å². The van der Waals surface area contributed by atoms with E-state index in [2.05, 4.69) is 22.5 Å². The highest BCUT2D eigenvalue weighted by atomic mass is 16.2. The third-order valence-corrected chi connectivity index (χ3v) is 4.88. The molecule has 1 aliphatic rings. The van der Waals surface area contributed by atoms with Gasteiger partial charge in [0.05, 0.1) is 6.54 Å². The molecule has 128 valence electrons. The summed E-state index contributed by atoms with van der Waals surface area (Å²) < 4.78 is 1.90. The summed E-state index contributed by atoms with van der Waals surface area (Å²) in [6, 6.07) is 10.5. The van der Waals surface area contributed by atoms with Gasteiger partial charge in [-0.2, -0.15) is 5.10 Å². The van der Waals surface area contributed by atoms with E-state index in [1.165, 1.54) is 24.8 Å². The van der Waals surface area contributed by atoms with Gasteiger partial charge < -0.3 is 10.2 Å². The third-order valence-electron chi connectivity index (χ3n) is 4.88. The van der Waals surface area contributed by atoms with Crippen molar-refractivity contribution in [3.63, 3.8) is 0 Å². The highest BCUT2D eigenvalue weighted by molar-refractivity contribution is 5.74. The normalized spacial score (nSPS) is 15.2. The number of hydrogen-bond donors (Lipinski definition) is 1. The van der Waals surface area contributed by atoms with Gasteiger partial charge in [-0.25, -0.2) is 4.79 Å². The molecule has 24 heavy (non-hydrogen) atoms. The van der Waals surface area contributed by atoms with Gasteiger partial charge >= 0.3 is 6.03 Å². The van der Waals surface area contributed by atoms with Gasteiger partial charge in [0.25, 0.3) is 0 Å². The molecule has 1 aliphatic carbocycles. The SMILES string of the molecule is CN(C(=O)NCc1ccccc1Cn1cccn1)C1CCCCC1. The van der Waals surface area contributed by atoms with Crippen LogP contribution in [0.5, 0.6) is 0 Å². The maximum absolute atomic E-state index is 12.4. The Bertz CT molecular complexity index is 647. The smallest absolute Gasteiger partial charge is 0.317 e. The maximum atomic E-state index is 12.4. The van der Waals surface area contributed by atoms with E-state index >= 15 is 0 Å². The first-order valence-electron chi connectivity index (χ1n) is 8.79. The fourth-order valence-corrected chi connectivity index (χ4v) is 3.38. The predicted molar refractivity (Wildman–Crippen MR) is 94.6 cm³/mol. The maximum Gasteiger partial charge on any atom is 0.317 e. The molecule has 1 aromatic carbocycles. The lowest BCUT2D eigenvalue weighted by Gasteiger charge is -2.31. The fourth-order valence-electron chi connectivity index (χ4n) is 3.38. The molecule has 0 unspecified atom stereocenters. The lowest BCUT2D eigenvalue weighted by molar-refractivity contribution is 0.173. The molecule has 1 heterocycles. The minimum Gasteiger partial charge on any atom is -0.334 e. The van der Waals surface area contributed by atoms with Gasteiger partial charge in [0.1, 0.15) is 0 Å². The second-order valence-corrected chi connectivity index (χ2v) is 6.53. The van der Waals surface area contributed by atoms with Crippen molar-refractivity contribution in [1.29, 1.82) is 0 Å². The molecule has 1 saturated carbocycles. The average molecular weight is 326 g/mol. The quantitative estimate of drug-likeness (QED) is 0.915. The summed E-state index contributed by atoms with van der Waals surface area (Å²) in [7, 11) is 1.92. The zero-order valence-electron chi connectivity index (χ0n) is 14.3. The molecule has 0 aliphatic heterocycles. The van der Waals surface area contributed by atoms with Gasteiger partial charge in [-0.15, -0.1) is 0 Å². The molecule has 1 aromatic heterocycles. The Morgan fingerprint density at radius 2 is 1.96 bits per heavy atom. The van der Waals surface area contributed by atoms with Crippen LogP contribution in [-0.4, -0.2) is 33.8 Å². The van der Waals surface area contributed by atoms with E-state index < -0.39 is 0 Å². The van der Waals surface area contributed by atoms with Gasteiger partial charge in [-0.3, -0.25) is 4.68 Å². The Balaban J connectivity index is 1.58. The van der Waals surface area contributed by atoms with Crippen LogP contribution in [0.25, 0.3) is 0 Å². The minimum atomic E-state index is 0.0239. The van der Waals surface area contributed by atoms with Crippen LogP contribution in [0, 0.1) is 0 Å². The lowest BCUT2D eigenvalue weighted by atomic mass is 9.95. The lowest BCUT2D eigenvalue weighted by Crippen LogP contribution is -2.44. The molecule has 3 rings (SSSR count). The van der Waals surface area contributed by atoms with Crippen LogP contribution >= 0.6 is 0 Å². The molecule has 0 radical (unpaired) electrons. The highest BCUT2D eigenvalue weighted by Crippen LogP contribution is 2.21. The number of urea groups is 1. The first-order chi connectivity index (χ1) is 11.7. The Hall–Kier alpha value is -2.30. The fraction of sp³-hybridized carbons (Fsp3) is 0.474. The van der Waals surface area contributed by atoms with Crippen LogP contribution < -0.4 is 5.32 Å². The summed E-state index contributed by atoms with van der Waals surface area (Å²) >= 11 is 0. The molecule has 5 nitrogen and oxygen atoms in total. The van der Waals surface area contributed by atoms with Crippen molar-refractivity contribution in [3.8, 4) is 0 Å². The van der Waals surface area contributed by atoms with E-state index in [1.54, 1.807) is 6.20 Å². The molecule has 0 saturated heterocycles. The summed E-state index contributed by atoms with van der Waals surface area (Å²) in [5.41, 5.74) is 2.32. The molecule has 5 heteroatoms. The van der Waals surface area contributed by atoms with Crippen molar-refractivity contribution < 1.29 is 4.79 Å². The molecule has 1 N–H and O–H groups in total. The number of carbonyl (C=O) groups is 1. The Kier molecular flexibility index (Phi) is 5.51. The van der Waals surface area contributed by atoms with Crippen molar-refractivity contribution >= 4 is 6.03 Å². The Morgan fingerprint density at radius 3 is 2.67 bits per heavy atom. The molecule has 1 fully saturated rings. The zero-order chi connectivity index (χ0) is 16.8. The second-order valence-electron chi connectivity index (χ2n) is 6.53. The molecule has 2 amide bonds. The topological polar surface area (TPSA) is 50.2 Å². The highest BCUT2D eigenvalue weighted by Gasteiger charge is 2.21. The van der Waals surface area contributed by atoms with E-state index in [4.69, 9.17) is 0 Å². The van der Waals surface area contributed by atoms with Crippen LogP contribution in [-0.2, 0) is 13.1 Å². The molecular weight excluding hydrogens is 300 g/mol. The van der Waals surface area contributed by atoms with Gasteiger partial charge in [-0.1, -0.05) is 43.5 Å². The standard InChI is InChI=1S/C19H26N4O/c1-22(18-10-3-2-4-11-18)19(24)20-14-16-8-5-6-9-17(16)15-23-13-7-12-21-23/h5-9,12-13,18H,2-4,10-11,14-15H2,1H3,(H,20,24). The summed E-state index contributed by atoms with van der Waals surface area (Å²) in [5.74, 6) is 0. The number of benzene rings is 1. The zero-order valence-corrected chi connectivity index (χ0v) is 14.3. The molecule has 2 aromatic rings. The first kappa shape index (κ1) is 16.6. The molecule has 0 spiro atoms. The summed E-state index contributed by atoms with van der Waals surface area (Å²) in [4.78, 5) is 14.3. The van der Waals surface area contributed by atoms with Crippen LogP contribution in [0.1, 0.15) is 43.2 Å². The number of carbonyl (C=O) groups excluding carboxylic acids is 1. The van der Waals surface area contributed by atoms with Gasteiger partial charge in [-0.05, 0) is 30.0 Å². The summed E-state index contributed by atoms with van der Waals surface area (Å²) in [6.45, 7) is 1.27. The van der Waals surface area contributed by atoms with E-state index in [-0.39, 0.29) is 6.03 Å². The second kappa shape index (κ2) is 7.99. The number of nitrogens with zero attached hydrogens (tertiary/aromatic N) is 3. The monoisotopic (exact) mass is 326 g/mol. The largest absolute Gasteiger partial charge is 0.334 e. The van der Waals surface area contributed by atoms with Crippen LogP contribution in [0.3, 0.4) is 0 Å². The van der Waals surface area contributed by atoms with Crippen LogP contribution in [0.15, 0.2) is 42.7 Å². The first-order valence-corrected chi connectivity index (χ1v) is 8.79. The number of aromatic nitrogens is 2. The van der Waals surface area contributed by atoms with E-state index in [1.807, 2.05) is 41.0 Å². The van der Waals surface area contributed by atoms with Crippen molar-refractivity contribution in [2.45, 2.75) is 51.2 Å². The number of hydrogen-bond acceptors (Lipinski definition) is 2. The van der Waals surface area contributed by atoms with Crippen LogP contribution in [0.4, 0.5) is 4.79 Å². The molecular formula is C19H26N4O. The third kappa shape index (κ3) is 4.16. The summed E-state index contributed by atoms with van der Waals surface area (Å²) in [6.07, 6.45) is 9.74. The van der Waals surface area contributed by atoms with Crippen molar-refractivity contribution in [2.24, 2.45) is 0 Å². The van der Waals surface area contributed by atoms with E-state index in [0.717, 1.165) is 24.9 Å². The average Bonchev–Trinajstić information content (AvgIpc) is 3.14. The van der Waals surface area contributed by atoms with Crippen molar-refractivity contribution in [1.82, 2.24) is 20.0 Å². The van der Waals surface area contributed by atoms with Crippen molar-refractivity contribution in [3.05, 3.63) is 53.9 Å². The van der Waals surface area contributed by atoms with Crippen LogP contribution in [0.2, 0.25) is 0 Å². The summed E-state index contributed by atoms with van der Waals surface area (Å²) in [5, 5.41) is 7.33. The number of nitrogens with one attached hydrogen (secondary N) is 1. The Morgan fingerprint density at radius 1 is 1.21 bits per heavy atom. The van der Waals surface area contributed by atoms with Gasteiger partial charge in [0.2, 0.25) is 0 Å². The van der Waals surface area contributed by atoms with E-state index in [0.29, 0.717) is 12.6 Å². The Labute approximate surface area is 143 Å². The minimum absolute atomic E-state index is 0.0239. The van der Waals surface area contributed by atoms with Gasteiger partial charge in [0, 0.05) is 32.0 Å². The predicted octanol–water partition coefficient (Wildman–Crippen LogP) is 3.41. The number of amides is 2.